The number of nitrogens with two attached hydrogens (primary N) is 1. The van der Waals surface area contributed by atoms with Crippen LogP contribution in [0.3, 0.4) is 0 Å². The third-order valence-corrected chi connectivity index (χ3v) is 5.33. The molecule has 5 heteroatoms. The Bertz CT molecular complexity index is 813. The third kappa shape index (κ3) is 5.07. The molecule has 0 saturated carbocycles. The maximum absolute atomic E-state index is 12.9. The van der Waals surface area contributed by atoms with E-state index in [9.17, 15) is 4.79 Å². The maximum atomic E-state index is 12.9. The monoisotopic (exact) mass is 366 g/mol. The highest BCUT2D eigenvalue weighted by molar-refractivity contribution is 5.83. The fraction of sp³-hybridized carbons (Fsp3) is 0.455. The molecule has 1 aliphatic rings. The van der Waals surface area contributed by atoms with Crippen molar-refractivity contribution in [3.8, 4) is 0 Å². The number of benzene rings is 2. The zero-order valence-corrected chi connectivity index (χ0v) is 16.4. The molecule has 144 valence electrons. The molecule has 1 amide bonds. The number of rotatable bonds is 7. The molecule has 3 rings (SSSR count). The zero-order chi connectivity index (χ0) is 19.2. The van der Waals surface area contributed by atoms with E-state index in [1.54, 1.807) is 6.92 Å². The van der Waals surface area contributed by atoms with Crippen molar-refractivity contribution in [3.63, 3.8) is 0 Å². The first-order valence-electron chi connectivity index (χ1n) is 9.78. The van der Waals surface area contributed by atoms with Gasteiger partial charge in [-0.1, -0.05) is 42.5 Å². The number of amidine groups is 1. The predicted molar refractivity (Wildman–Crippen MR) is 112 cm³/mol. The summed E-state index contributed by atoms with van der Waals surface area (Å²) in [4.78, 5) is 21.4. The largest absolute Gasteiger partial charge is 0.388 e. The first kappa shape index (κ1) is 19.4. The van der Waals surface area contributed by atoms with Crippen LogP contribution in [-0.2, 0) is 11.2 Å². The van der Waals surface area contributed by atoms with Crippen molar-refractivity contribution in [2.75, 3.05) is 33.2 Å². The number of hydrogen-bond acceptors (Lipinski definition) is 3. The molecule has 0 aliphatic carbocycles. The molecule has 0 aromatic heterocycles. The summed E-state index contributed by atoms with van der Waals surface area (Å²) in [6, 6.07) is 14.9. The number of aliphatic imine (C=N–C) groups is 1. The second-order valence-corrected chi connectivity index (χ2v) is 7.42. The van der Waals surface area contributed by atoms with Gasteiger partial charge in [0.15, 0.2) is 0 Å². The molecule has 27 heavy (non-hydrogen) atoms. The molecule has 0 unspecified atom stereocenters. The number of carbonyl (C=O) groups excluding carboxylic acids is 1. The van der Waals surface area contributed by atoms with Gasteiger partial charge in [0, 0.05) is 26.2 Å². The summed E-state index contributed by atoms with van der Waals surface area (Å²) in [5.41, 5.74) is 6.86. The topological polar surface area (TPSA) is 61.9 Å². The van der Waals surface area contributed by atoms with Gasteiger partial charge in [0.25, 0.3) is 0 Å². The molecule has 2 aromatic carbocycles. The van der Waals surface area contributed by atoms with Crippen molar-refractivity contribution in [2.45, 2.75) is 32.2 Å². The van der Waals surface area contributed by atoms with E-state index in [0.29, 0.717) is 12.4 Å². The van der Waals surface area contributed by atoms with E-state index >= 15 is 0 Å². The SMILES string of the molecule is CC(N)=NCCC[C@H]1C(=O)N(CCc2ccc3ccccc3c2)CCN1C. The van der Waals surface area contributed by atoms with E-state index < -0.39 is 0 Å². The van der Waals surface area contributed by atoms with Crippen molar-refractivity contribution in [3.05, 3.63) is 48.0 Å². The second kappa shape index (κ2) is 9.00. The third-order valence-electron chi connectivity index (χ3n) is 5.33. The van der Waals surface area contributed by atoms with Crippen molar-refractivity contribution < 1.29 is 4.79 Å². The van der Waals surface area contributed by atoms with Crippen molar-refractivity contribution >= 4 is 22.5 Å². The molecule has 0 spiro atoms. The Balaban J connectivity index is 1.57. The standard InChI is InChI=1S/C22H30N4O/c1-17(23)24-12-5-8-21-22(27)26(15-14-25(21)2)13-11-18-9-10-19-6-3-4-7-20(19)16-18/h3-4,6-7,9-10,16,21H,5,8,11-15H2,1-2H3,(H2,23,24)/t21-/m0/s1. The average Bonchev–Trinajstić information content (AvgIpc) is 2.66. The van der Waals surface area contributed by atoms with Crippen LogP contribution in [0.4, 0.5) is 0 Å². The number of likely N-dealkylation sites (N-methyl/N-ethyl adjacent to an activating group) is 1. The highest BCUT2D eigenvalue weighted by Gasteiger charge is 2.31. The summed E-state index contributed by atoms with van der Waals surface area (Å²) >= 11 is 0. The highest BCUT2D eigenvalue weighted by Crippen LogP contribution is 2.18. The fourth-order valence-corrected chi connectivity index (χ4v) is 3.71. The van der Waals surface area contributed by atoms with Crippen LogP contribution in [0.1, 0.15) is 25.3 Å². The summed E-state index contributed by atoms with van der Waals surface area (Å²) in [7, 11) is 2.04. The van der Waals surface area contributed by atoms with Crippen LogP contribution < -0.4 is 5.73 Å². The maximum Gasteiger partial charge on any atom is 0.239 e. The minimum absolute atomic E-state index is 0.0383. The molecule has 2 aromatic rings. The van der Waals surface area contributed by atoms with Gasteiger partial charge in [0.1, 0.15) is 0 Å². The van der Waals surface area contributed by atoms with Gasteiger partial charge in [-0.3, -0.25) is 14.7 Å². The van der Waals surface area contributed by atoms with Gasteiger partial charge in [0.2, 0.25) is 5.91 Å². The molecule has 1 atom stereocenters. The molecule has 0 bridgehead atoms. The first-order chi connectivity index (χ1) is 13.0. The molecular formula is C22H30N4O. The summed E-state index contributed by atoms with van der Waals surface area (Å²) < 4.78 is 0. The molecule has 1 aliphatic heterocycles. The summed E-state index contributed by atoms with van der Waals surface area (Å²) in [5, 5.41) is 2.51. The lowest BCUT2D eigenvalue weighted by atomic mass is 10.0. The van der Waals surface area contributed by atoms with Crippen LogP contribution in [0.2, 0.25) is 0 Å². The van der Waals surface area contributed by atoms with E-state index in [1.807, 2.05) is 11.9 Å². The van der Waals surface area contributed by atoms with E-state index in [2.05, 4.69) is 52.4 Å². The second-order valence-electron chi connectivity index (χ2n) is 7.42. The lowest BCUT2D eigenvalue weighted by Crippen LogP contribution is -2.55. The van der Waals surface area contributed by atoms with Crippen LogP contribution in [0.15, 0.2) is 47.5 Å². The first-order valence-corrected chi connectivity index (χ1v) is 9.78. The fourth-order valence-electron chi connectivity index (χ4n) is 3.71. The Hall–Kier alpha value is -2.40. The minimum atomic E-state index is -0.0383. The summed E-state index contributed by atoms with van der Waals surface area (Å²) in [6.45, 7) is 5.00. The Morgan fingerprint density at radius 1 is 1.19 bits per heavy atom. The van der Waals surface area contributed by atoms with Crippen LogP contribution in [0.25, 0.3) is 10.8 Å². The van der Waals surface area contributed by atoms with E-state index in [1.165, 1.54) is 16.3 Å². The molecule has 1 heterocycles. The Morgan fingerprint density at radius 3 is 2.74 bits per heavy atom. The van der Waals surface area contributed by atoms with Crippen molar-refractivity contribution in [1.82, 2.24) is 9.80 Å². The van der Waals surface area contributed by atoms with E-state index in [0.717, 1.165) is 38.9 Å². The number of amides is 1. The molecule has 0 radical (unpaired) electrons. The number of carbonyl (C=O) groups is 1. The number of fused-ring (bicyclic) bond motifs is 1. The van der Waals surface area contributed by atoms with Crippen LogP contribution in [0.5, 0.6) is 0 Å². The number of nitrogens with zero attached hydrogens (tertiary/aromatic N) is 3. The van der Waals surface area contributed by atoms with Gasteiger partial charge in [0.05, 0.1) is 11.9 Å². The summed E-state index contributed by atoms with van der Waals surface area (Å²) in [5.74, 6) is 0.855. The predicted octanol–water partition coefficient (Wildman–Crippen LogP) is 2.68. The quantitative estimate of drug-likeness (QED) is 0.466. The van der Waals surface area contributed by atoms with Crippen molar-refractivity contribution in [2.24, 2.45) is 10.7 Å². The average molecular weight is 367 g/mol. The number of piperazine rings is 1. The van der Waals surface area contributed by atoms with Crippen LogP contribution in [-0.4, -0.2) is 60.8 Å². The lowest BCUT2D eigenvalue weighted by molar-refractivity contribution is -0.141. The number of hydrogen-bond donors (Lipinski definition) is 1. The van der Waals surface area contributed by atoms with Gasteiger partial charge < -0.3 is 10.6 Å². The normalized spacial score (nSPS) is 19.0. The van der Waals surface area contributed by atoms with Crippen LogP contribution in [0, 0.1) is 0 Å². The van der Waals surface area contributed by atoms with Crippen LogP contribution >= 0.6 is 0 Å². The lowest BCUT2D eigenvalue weighted by Gasteiger charge is -2.38. The van der Waals surface area contributed by atoms with Gasteiger partial charge in [-0.15, -0.1) is 0 Å². The molecule has 1 fully saturated rings. The molecule has 5 nitrogen and oxygen atoms in total. The Morgan fingerprint density at radius 2 is 1.96 bits per heavy atom. The summed E-state index contributed by atoms with van der Waals surface area (Å²) in [6.07, 6.45) is 2.61. The van der Waals surface area contributed by atoms with Crippen molar-refractivity contribution in [1.29, 1.82) is 0 Å². The highest BCUT2D eigenvalue weighted by atomic mass is 16.2. The zero-order valence-electron chi connectivity index (χ0n) is 16.4. The van der Waals surface area contributed by atoms with Gasteiger partial charge >= 0.3 is 0 Å². The Kier molecular flexibility index (Phi) is 6.45. The molecule has 2 N–H and O–H groups in total. The van der Waals surface area contributed by atoms with E-state index in [4.69, 9.17) is 5.73 Å². The minimum Gasteiger partial charge on any atom is -0.388 e. The molecular weight excluding hydrogens is 336 g/mol. The van der Waals surface area contributed by atoms with Gasteiger partial charge in [-0.25, -0.2) is 0 Å². The van der Waals surface area contributed by atoms with Gasteiger partial charge in [-0.05, 0) is 49.6 Å². The smallest absolute Gasteiger partial charge is 0.239 e. The molecule has 1 saturated heterocycles. The Labute approximate surface area is 161 Å². The van der Waals surface area contributed by atoms with Gasteiger partial charge in [-0.2, -0.15) is 0 Å². The van der Waals surface area contributed by atoms with E-state index in [-0.39, 0.29) is 11.9 Å².